The van der Waals surface area contributed by atoms with Crippen LogP contribution in [0, 0.1) is 0 Å². The van der Waals surface area contributed by atoms with Gasteiger partial charge in [-0.2, -0.15) is 5.10 Å². The number of amides is 1. The zero-order chi connectivity index (χ0) is 16.0. The lowest BCUT2D eigenvalue weighted by molar-refractivity contribution is 0.0997. The summed E-state index contributed by atoms with van der Waals surface area (Å²) >= 11 is 0. The molecular weight excluding hydrogens is 292 g/mol. The fourth-order valence-electron chi connectivity index (χ4n) is 2.69. The second-order valence-electron chi connectivity index (χ2n) is 5.07. The Hall–Kier alpha value is -3.48. The van der Waals surface area contributed by atoms with Crippen LogP contribution in [0.25, 0.3) is 27.7 Å². The first-order chi connectivity index (χ1) is 11.2. The lowest BCUT2D eigenvalue weighted by Gasteiger charge is -2.11. The Kier molecular flexibility index (Phi) is 2.74. The number of nitrogens with zero attached hydrogens (tertiary/aromatic N) is 4. The lowest BCUT2D eigenvalue weighted by Crippen LogP contribution is -2.16. The molecular formula is C16H12N6O. The van der Waals surface area contributed by atoms with Gasteiger partial charge >= 0.3 is 0 Å². The number of fused-ring (bicyclic) bond motifs is 2. The molecule has 0 aliphatic heterocycles. The Bertz CT molecular complexity index is 1070. The van der Waals surface area contributed by atoms with Gasteiger partial charge in [-0.15, -0.1) is 0 Å². The molecule has 7 heteroatoms. The molecule has 23 heavy (non-hydrogen) atoms. The molecule has 7 nitrogen and oxygen atoms in total. The van der Waals surface area contributed by atoms with E-state index >= 15 is 0 Å². The quantitative estimate of drug-likeness (QED) is 0.584. The minimum atomic E-state index is -0.675. The van der Waals surface area contributed by atoms with Gasteiger partial charge in [0.2, 0.25) is 0 Å². The van der Waals surface area contributed by atoms with Crippen LogP contribution in [-0.4, -0.2) is 25.5 Å². The van der Waals surface area contributed by atoms with Crippen LogP contribution in [0.2, 0.25) is 0 Å². The van der Waals surface area contributed by atoms with Crippen molar-refractivity contribution in [3.8, 4) is 11.1 Å². The van der Waals surface area contributed by atoms with Gasteiger partial charge in [-0.1, -0.05) is 6.07 Å². The number of hydrogen-bond acceptors (Lipinski definition) is 5. The van der Waals surface area contributed by atoms with Crippen molar-refractivity contribution in [2.24, 2.45) is 5.73 Å². The third kappa shape index (κ3) is 1.90. The number of carbonyl (C=O) groups is 1. The first-order valence-corrected chi connectivity index (χ1v) is 6.93. The molecule has 0 fully saturated rings. The maximum atomic E-state index is 11.7. The number of anilines is 1. The van der Waals surface area contributed by atoms with E-state index in [0.717, 1.165) is 11.1 Å². The molecule has 0 bridgehead atoms. The van der Waals surface area contributed by atoms with Crippen molar-refractivity contribution in [1.29, 1.82) is 0 Å². The number of aromatic nitrogens is 4. The minimum absolute atomic E-state index is 0.0378. The van der Waals surface area contributed by atoms with Gasteiger partial charge in [0.25, 0.3) is 5.91 Å². The van der Waals surface area contributed by atoms with Gasteiger partial charge in [0.1, 0.15) is 0 Å². The van der Waals surface area contributed by atoms with Crippen LogP contribution >= 0.6 is 0 Å². The van der Waals surface area contributed by atoms with E-state index in [1.54, 1.807) is 29.0 Å². The summed E-state index contributed by atoms with van der Waals surface area (Å²) in [5.74, 6) is -0.675. The molecule has 4 N–H and O–H groups in total. The van der Waals surface area contributed by atoms with Crippen LogP contribution in [0.4, 0.5) is 5.69 Å². The summed E-state index contributed by atoms with van der Waals surface area (Å²) in [4.78, 5) is 20.3. The summed E-state index contributed by atoms with van der Waals surface area (Å²) < 4.78 is 1.73. The monoisotopic (exact) mass is 304 g/mol. The summed E-state index contributed by atoms with van der Waals surface area (Å²) in [5.41, 5.74) is 15.3. The molecule has 0 radical (unpaired) electrons. The molecule has 4 aromatic heterocycles. The van der Waals surface area contributed by atoms with Crippen LogP contribution in [0.15, 0.2) is 48.9 Å². The Morgan fingerprint density at radius 1 is 1.17 bits per heavy atom. The maximum absolute atomic E-state index is 11.7. The summed E-state index contributed by atoms with van der Waals surface area (Å²) in [7, 11) is 0. The molecule has 0 aliphatic rings. The number of pyridine rings is 3. The number of hydrogen-bond donors (Lipinski definition) is 2. The second kappa shape index (κ2) is 4.77. The highest BCUT2D eigenvalue weighted by Gasteiger charge is 2.20. The summed E-state index contributed by atoms with van der Waals surface area (Å²) in [6.45, 7) is 0. The molecule has 4 aromatic rings. The van der Waals surface area contributed by atoms with Gasteiger partial charge in [-0.25, -0.2) is 9.50 Å². The lowest BCUT2D eigenvalue weighted by atomic mass is 10.0. The smallest absolute Gasteiger partial charge is 0.269 e. The van der Waals surface area contributed by atoms with Gasteiger partial charge in [-0.3, -0.25) is 9.78 Å². The number of nitrogen functional groups attached to an aromatic ring is 1. The highest BCUT2D eigenvalue weighted by atomic mass is 16.1. The summed E-state index contributed by atoms with van der Waals surface area (Å²) in [6, 6.07) is 9.22. The molecule has 0 aliphatic carbocycles. The fourth-order valence-corrected chi connectivity index (χ4v) is 2.69. The number of primary amides is 1. The number of carbonyl (C=O) groups excluding carboxylic acids is 1. The predicted molar refractivity (Wildman–Crippen MR) is 86.7 cm³/mol. The molecule has 1 amide bonds. The minimum Gasteiger partial charge on any atom is -0.396 e. The Labute approximate surface area is 130 Å². The van der Waals surface area contributed by atoms with Gasteiger partial charge in [-0.05, 0) is 24.3 Å². The van der Waals surface area contributed by atoms with E-state index in [0.29, 0.717) is 16.6 Å². The van der Waals surface area contributed by atoms with Gasteiger partial charge in [0.05, 0.1) is 28.4 Å². The molecule has 0 saturated carbocycles. The van der Waals surface area contributed by atoms with Crippen LogP contribution in [0.1, 0.15) is 10.5 Å². The number of nitrogens with two attached hydrogens (primary N) is 2. The third-order valence-electron chi connectivity index (χ3n) is 3.71. The first kappa shape index (κ1) is 13.2. The average Bonchev–Trinajstić information content (AvgIpc) is 2.98. The molecule has 4 heterocycles. The largest absolute Gasteiger partial charge is 0.396 e. The van der Waals surface area contributed by atoms with Crippen LogP contribution in [0.3, 0.4) is 0 Å². The van der Waals surface area contributed by atoms with Crippen molar-refractivity contribution in [3.05, 3.63) is 54.6 Å². The second-order valence-corrected chi connectivity index (χ2v) is 5.07. The molecule has 4 rings (SSSR count). The fraction of sp³-hybridized carbons (Fsp3) is 0. The van der Waals surface area contributed by atoms with E-state index < -0.39 is 5.91 Å². The van der Waals surface area contributed by atoms with Gasteiger partial charge < -0.3 is 11.5 Å². The van der Waals surface area contributed by atoms with Crippen molar-refractivity contribution in [3.63, 3.8) is 0 Å². The van der Waals surface area contributed by atoms with Crippen molar-refractivity contribution in [1.82, 2.24) is 19.6 Å². The highest BCUT2D eigenvalue weighted by molar-refractivity contribution is 6.09. The standard InChI is InChI=1S/C16H12N6O/c17-13-12(9-8-20-22-7-2-1-5-11(9)22)14-10(4-3-6-19-14)21-15(13)16(18)23/h1-8H,17H2,(H2,18,23). The van der Waals surface area contributed by atoms with Crippen LogP contribution in [0.5, 0.6) is 0 Å². The average molecular weight is 304 g/mol. The third-order valence-corrected chi connectivity index (χ3v) is 3.71. The predicted octanol–water partition coefficient (Wildman–Crippen LogP) is 1.63. The van der Waals surface area contributed by atoms with Gasteiger partial charge in [0, 0.05) is 23.5 Å². The zero-order valence-electron chi connectivity index (χ0n) is 12.0. The topological polar surface area (TPSA) is 112 Å². The molecule has 0 saturated heterocycles. The van der Waals surface area contributed by atoms with E-state index in [9.17, 15) is 4.79 Å². The van der Waals surface area contributed by atoms with E-state index in [1.165, 1.54) is 0 Å². The first-order valence-electron chi connectivity index (χ1n) is 6.93. The molecule has 0 aromatic carbocycles. The van der Waals surface area contributed by atoms with Gasteiger partial charge in [0.15, 0.2) is 5.69 Å². The van der Waals surface area contributed by atoms with Crippen molar-refractivity contribution in [2.75, 3.05) is 5.73 Å². The van der Waals surface area contributed by atoms with E-state index in [-0.39, 0.29) is 11.4 Å². The maximum Gasteiger partial charge on any atom is 0.269 e. The molecule has 0 atom stereocenters. The Morgan fingerprint density at radius 3 is 2.87 bits per heavy atom. The van der Waals surface area contributed by atoms with Crippen molar-refractivity contribution < 1.29 is 4.79 Å². The summed E-state index contributed by atoms with van der Waals surface area (Å²) in [5, 5.41) is 4.31. The van der Waals surface area contributed by atoms with E-state index in [2.05, 4.69) is 15.1 Å². The van der Waals surface area contributed by atoms with E-state index in [1.807, 2.05) is 24.4 Å². The molecule has 112 valence electrons. The SMILES string of the molecule is NC(=O)c1nc2cccnc2c(-c2cnn3ccccc23)c1N. The molecule has 0 spiro atoms. The van der Waals surface area contributed by atoms with E-state index in [4.69, 9.17) is 11.5 Å². The number of rotatable bonds is 2. The van der Waals surface area contributed by atoms with Crippen molar-refractivity contribution >= 4 is 28.1 Å². The highest BCUT2D eigenvalue weighted by Crippen LogP contribution is 2.35. The molecule has 0 unspecified atom stereocenters. The Balaban J connectivity index is 2.17. The zero-order valence-corrected chi connectivity index (χ0v) is 12.0. The summed E-state index contributed by atoms with van der Waals surface area (Å²) in [6.07, 6.45) is 5.18. The van der Waals surface area contributed by atoms with Crippen LogP contribution in [-0.2, 0) is 0 Å². The van der Waals surface area contributed by atoms with Crippen LogP contribution < -0.4 is 11.5 Å². The Morgan fingerprint density at radius 2 is 2.04 bits per heavy atom. The normalized spacial score (nSPS) is 11.1. The van der Waals surface area contributed by atoms with Crippen molar-refractivity contribution in [2.45, 2.75) is 0 Å².